The van der Waals surface area contributed by atoms with E-state index in [4.69, 9.17) is 0 Å². The van der Waals surface area contributed by atoms with Crippen molar-refractivity contribution in [1.82, 2.24) is 20.2 Å². The topological polar surface area (TPSA) is 43.6 Å². The van der Waals surface area contributed by atoms with E-state index in [2.05, 4.69) is 67.9 Å². The molecule has 0 saturated heterocycles. The predicted molar refractivity (Wildman–Crippen MR) is 156 cm³/mol. The van der Waals surface area contributed by atoms with E-state index in [0.29, 0.717) is 16.7 Å². The lowest BCUT2D eigenvalue weighted by Crippen LogP contribution is -2.39. The normalized spacial score (nSPS) is 11.4. The third-order valence-corrected chi connectivity index (χ3v) is 7.64. The molecule has 1 aromatic heterocycles. The van der Waals surface area contributed by atoms with Crippen LogP contribution in [0.4, 0.5) is 4.39 Å². The summed E-state index contributed by atoms with van der Waals surface area (Å²) in [6.45, 7) is 0. The molecule has 0 bridgehead atoms. The van der Waals surface area contributed by atoms with Crippen molar-refractivity contribution in [2.24, 2.45) is 0 Å². The Morgan fingerprint density at radius 3 is 1.67 bits per heavy atom. The van der Waals surface area contributed by atoms with Gasteiger partial charge in [0.2, 0.25) is 0 Å². The highest BCUT2D eigenvalue weighted by atomic mass is 79.9. The summed E-state index contributed by atoms with van der Waals surface area (Å²) < 4.78 is 16.8. The second-order valence-corrected chi connectivity index (χ2v) is 9.77. The first kappa shape index (κ1) is 24.9. The van der Waals surface area contributed by atoms with Crippen LogP contribution in [0, 0.1) is 5.82 Å². The van der Waals surface area contributed by atoms with Gasteiger partial charge in [-0.3, -0.25) is 0 Å². The van der Waals surface area contributed by atoms with Gasteiger partial charge in [0.25, 0.3) is 0 Å². The molecule has 0 unspecified atom stereocenters. The van der Waals surface area contributed by atoms with Crippen LogP contribution in [-0.2, 0) is 10.9 Å². The number of nitrogens with zero attached hydrogens (tertiary/aromatic N) is 4. The van der Waals surface area contributed by atoms with Gasteiger partial charge in [-0.1, -0.05) is 143 Å². The highest BCUT2D eigenvalue weighted by molar-refractivity contribution is 9.08. The molecule has 0 N–H and O–H groups in total. The number of alkyl halides is 1. The van der Waals surface area contributed by atoms with Crippen LogP contribution >= 0.6 is 15.9 Å². The molecule has 0 atom stereocenters. The number of halogens is 2. The molecule has 0 saturated carbocycles. The fourth-order valence-electron chi connectivity index (χ4n) is 5.24. The summed E-state index contributed by atoms with van der Waals surface area (Å²) in [5.41, 5.74) is 5.19. The van der Waals surface area contributed by atoms with Gasteiger partial charge in [-0.25, -0.2) is 9.07 Å². The first-order valence-electron chi connectivity index (χ1n) is 12.6. The Balaban J connectivity index is 1.66. The van der Waals surface area contributed by atoms with E-state index in [1.165, 1.54) is 0 Å². The van der Waals surface area contributed by atoms with Crippen LogP contribution < -0.4 is 0 Å². The van der Waals surface area contributed by atoms with E-state index in [9.17, 15) is 4.39 Å². The maximum atomic E-state index is 14.9. The van der Waals surface area contributed by atoms with Crippen LogP contribution in [-0.4, -0.2) is 20.2 Å². The van der Waals surface area contributed by atoms with Gasteiger partial charge in [-0.15, -0.1) is 5.10 Å². The number of benzene rings is 5. The molecule has 0 radical (unpaired) electrons. The van der Waals surface area contributed by atoms with E-state index < -0.39 is 5.54 Å². The summed E-state index contributed by atoms with van der Waals surface area (Å²) in [7, 11) is 0. The number of tetrazole rings is 1. The lowest BCUT2D eigenvalue weighted by molar-refractivity contribution is 0.451. The third-order valence-electron chi connectivity index (χ3n) is 7.04. The molecule has 0 aliphatic heterocycles. The van der Waals surface area contributed by atoms with E-state index in [1.807, 2.05) is 89.6 Å². The summed E-state index contributed by atoms with van der Waals surface area (Å²) in [4.78, 5) is 0. The standard InChI is InChI=1S/C33H24BrFN4/c34-23-25-21-20-24(22-31(25)35)29-18-10-11-19-30(29)32-36-37-38-39(32)33(26-12-4-1-5-13-26,27-14-6-2-7-15-27)28-16-8-3-9-17-28/h1-22H,23H2. The number of hydrogen-bond donors (Lipinski definition) is 0. The molecular weight excluding hydrogens is 551 g/mol. The van der Waals surface area contributed by atoms with Gasteiger partial charge >= 0.3 is 0 Å². The second-order valence-electron chi connectivity index (χ2n) is 9.21. The Bertz CT molecular complexity index is 1610. The van der Waals surface area contributed by atoms with Gasteiger partial charge in [0.05, 0.1) is 0 Å². The molecule has 39 heavy (non-hydrogen) atoms. The minimum atomic E-state index is -0.874. The van der Waals surface area contributed by atoms with Gasteiger partial charge in [0.1, 0.15) is 11.4 Å². The molecule has 0 amide bonds. The first-order valence-corrected chi connectivity index (χ1v) is 13.7. The minimum Gasteiger partial charge on any atom is -0.207 e. The highest BCUT2D eigenvalue weighted by Gasteiger charge is 2.42. The zero-order chi connectivity index (χ0) is 26.7. The fraction of sp³-hybridized carbons (Fsp3) is 0.0606. The molecule has 0 fully saturated rings. The summed E-state index contributed by atoms with van der Waals surface area (Å²) in [6, 6.07) is 44.0. The molecule has 1 heterocycles. The molecule has 190 valence electrons. The molecule has 0 aliphatic rings. The fourth-order valence-corrected chi connectivity index (χ4v) is 5.69. The molecular formula is C33H24BrFN4. The molecule has 6 aromatic rings. The van der Waals surface area contributed by atoms with E-state index in [0.717, 1.165) is 33.4 Å². The quantitative estimate of drug-likeness (QED) is 0.144. The van der Waals surface area contributed by atoms with Gasteiger partial charge in [0, 0.05) is 10.9 Å². The first-order chi connectivity index (χ1) is 19.2. The van der Waals surface area contributed by atoms with Crippen LogP contribution in [0.3, 0.4) is 0 Å². The Hall–Kier alpha value is -4.42. The van der Waals surface area contributed by atoms with Gasteiger partial charge in [0.15, 0.2) is 5.82 Å². The second kappa shape index (κ2) is 10.8. The predicted octanol–water partition coefficient (Wildman–Crippen LogP) is 7.88. The van der Waals surface area contributed by atoms with Crippen molar-refractivity contribution in [2.45, 2.75) is 10.9 Å². The zero-order valence-electron chi connectivity index (χ0n) is 21.0. The monoisotopic (exact) mass is 574 g/mol. The van der Waals surface area contributed by atoms with Gasteiger partial charge < -0.3 is 0 Å². The van der Waals surface area contributed by atoms with Crippen molar-refractivity contribution < 1.29 is 4.39 Å². The Kier molecular flexibility index (Phi) is 6.86. The van der Waals surface area contributed by atoms with Crippen LogP contribution in [0.5, 0.6) is 0 Å². The number of hydrogen-bond acceptors (Lipinski definition) is 3. The largest absolute Gasteiger partial charge is 0.207 e. The van der Waals surface area contributed by atoms with Crippen molar-refractivity contribution in [3.05, 3.63) is 162 Å². The van der Waals surface area contributed by atoms with Crippen molar-refractivity contribution in [1.29, 1.82) is 0 Å². The lowest BCUT2D eigenvalue weighted by atomic mass is 9.77. The van der Waals surface area contributed by atoms with E-state index in [-0.39, 0.29) is 5.82 Å². The summed E-state index contributed by atoms with van der Waals surface area (Å²) >= 11 is 3.36. The Labute approximate surface area is 234 Å². The average molecular weight is 575 g/mol. The molecule has 5 aromatic carbocycles. The summed E-state index contributed by atoms with van der Waals surface area (Å²) in [6.07, 6.45) is 0. The lowest BCUT2D eigenvalue weighted by Gasteiger charge is -2.36. The number of aromatic nitrogens is 4. The van der Waals surface area contributed by atoms with Crippen molar-refractivity contribution in [3.63, 3.8) is 0 Å². The van der Waals surface area contributed by atoms with Crippen LogP contribution in [0.15, 0.2) is 133 Å². The highest BCUT2D eigenvalue weighted by Crippen LogP contribution is 2.43. The minimum absolute atomic E-state index is 0.258. The van der Waals surface area contributed by atoms with E-state index in [1.54, 1.807) is 12.1 Å². The average Bonchev–Trinajstić information content (AvgIpc) is 3.49. The maximum Gasteiger partial charge on any atom is 0.184 e. The smallest absolute Gasteiger partial charge is 0.184 e. The van der Waals surface area contributed by atoms with Crippen molar-refractivity contribution in [3.8, 4) is 22.5 Å². The van der Waals surface area contributed by atoms with Crippen molar-refractivity contribution >= 4 is 15.9 Å². The van der Waals surface area contributed by atoms with Crippen molar-refractivity contribution in [2.75, 3.05) is 0 Å². The van der Waals surface area contributed by atoms with Gasteiger partial charge in [-0.2, -0.15) is 0 Å². The van der Waals surface area contributed by atoms with Crippen LogP contribution in [0.25, 0.3) is 22.5 Å². The molecule has 0 spiro atoms. The maximum absolute atomic E-state index is 14.9. The zero-order valence-corrected chi connectivity index (χ0v) is 22.5. The third kappa shape index (κ3) is 4.37. The Morgan fingerprint density at radius 2 is 1.15 bits per heavy atom. The van der Waals surface area contributed by atoms with Crippen LogP contribution in [0.2, 0.25) is 0 Å². The molecule has 6 heteroatoms. The molecule has 4 nitrogen and oxygen atoms in total. The van der Waals surface area contributed by atoms with Crippen LogP contribution in [0.1, 0.15) is 22.3 Å². The summed E-state index contributed by atoms with van der Waals surface area (Å²) in [5.74, 6) is 0.318. The molecule has 0 aliphatic carbocycles. The van der Waals surface area contributed by atoms with E-state index >= 15 is 0 Å². The number of rotatable bonds is 7. The Morgan fingerprint density at radius 1 is 0.641 bits per heavy atom. The SMILES string of the molecule is Fc1cc(-c2ccccc2-c2nnnn2C(c2ccccc2)(c2ccccc2)c2ccccc2)ccc1CBr. The summed E-state index contributed by atoms with van der Waals surface area (Å²) in [5, 5.41) is 13.9. The van der Waals surface area contributed by atoms with Gasteiger partial charge in [-0.05, 0) is 49.9 Å². The molecule has 6 rings (SSSR count).